The van der Waals surface area contributed by atoms with Gasteiger partial charge in [0.05, 0.1) is 6.04 Å². The summed E-state index contributed by atoms with van der Waals surface area (Å²) in [5, 5.41) is 3.27. The summed E-state index contributed by atoms with van der Waals surface area (Å²) in [5.74, 6) is 0.336. The summed E-state index contributed by atoms with van der Waals surface area (Å²) in [4.78, 5) is 15.3. The molecular weight excluding hydrogens is 344 g/mol. The summed E-state index contributed by atoms with van der Waals surface area (Å²) in [7, 11) is 0. The molecule has 0 aromatic heterocycles. The van der Waals surface area contributed by atoms with Gasteiger partial charge in [-0.15, -0.1) is 0 Å². The molecule has 1 N–H and O–H groups in total. The molecule has 2 aromatic rings. The van der Waals surface area contributed by atoms with E-state index in [9.17, 15) is 4.79 Å². The van der Waals surface area contributed by atoms with Gasteiger partial charge < -0.3 is 5.32 Å². The molecule has 1 aliphatic rings. The topological polar surface area (TPSA) is 32.3 Å². The van der Waals surface area contributed by atoms with Gasteiger partial charge in [-0.1, -0.05) is 36.4 Å². The van der Waals surface area contributed by atoms with Crippen molar-refractivity contribution in [2.75, 3.05) is 13.1 Å². The Morgan fingerprint density at radius 2 is 1.64 bits per heavy atom. The van der Waals surface area contributed by atoms with E-state index in [1.54, 1.807) is 0 Å². The van der Waals surface area contributed by atoms with Crippen LogP contribution in [-0.4, -0.2) is 23.9 Å². The second-order valence-electron chi connectivity index (χ2n) is 8.50. The van der Waals surface area contributed by atoms with Gasteiger partial charge in [-0.3, -0.25) is 9.69 Å². The summed E-state index contributed by atoms with van der Waals surface area (Å²) in [6.45, 7) is 13.6. The average molecular weight is 379 g/mol. The Hall–Kier alpha value is -2.13. The molecule has 3 heteroatoms. The highest BCUT2D eigenvalue weighted by atomic mass is 16.1. The van der Waals surface area contributed by atoms with Gasteiger partial charge in [-0.2, -0.15) is 0 Å². The van der Waals surface area contributed by atoms with Crippen molar-refractivity contribution in [3.63, 3.8) is 0 Å². The number of piperidine rings is 1. The lowest BCUT2D eigenvalue weighted by atomic mass is 9.93. The second-order valence-corrected chi connectivity index (χ2v) is 8.50. The van der Waals surface area contributed by atoms with Crippen LogP contribution in [0.1, 0.15) is 59.2 Å². The lowest BCUT2D eigenvalue weighted by Gasteiger charge is -2.32. The van der Waals surface area contributed by atoms with Gasteiger partial charge in [0.15, 0.2) is 0 Å². The number of hydrogen-bond acceptors (Lipinski definition) is 2. The molecule has 0 saturated carbocycles. The molecule has 150 valence electrons. The normalized spacial score (nSPS) is 16.8. The predicted molar refractivity (Wildman–Crippen MR) is 116 cm³/mol. The zero-order valence-electron chi connectivity index (χ0n) is 18.0. The number of carbonyl (C=O) groups excluding carboxylic acids is 1. The Bertz CT molecular complexity index is 834. The fourth-order valence-corrected chi connectivity index (χ4v) is 4.24. The number of amides is 1. The molecule has 2 aromatic carbocycles. The molecule has 1 saturated heterocycles. The SMILES string of the molecule is Cc1cc(C)c([C@H](C)NC(=O)C2CCN(Cc3ccccc3C)CC2)cc1C. The first kappa shape index (κ1) is 20.6. The maximum Gasteiger partial charge on any atom is 0.223 e. The minimum atomic E-state index is 0.0526. The third-order valence-electron chi connectivity index (χ3n) is 6.32. The van der Waals surface area contributed by atoms with E-state index >= 15 is 0 Å². The van der Waals surface area contributed by atoms with E-state index in [-0.39, 0.29) is 17.9 Å². The number of nitrogens with zero attached hydrogens (tertiary/aromatic N) is 1. The Kier molecular flexibility index (Phi) is 6.56. The van der Waals surface area contributed by atoms with E-state index in [2.05, 4.69) is 81.2 Å². The van der Waals surface area contributed by atoms with Gasteiger partial charge in [0.2, 0.25) is 5.91 Å². The molecule has 0 spiro atoms. The van der Waals surface area contributed by atoms with Crippen LogP contribution in [0.15, 0.2) is 36.4 Å². The highest BCUT2D eigenvalue weighted by molar-refractivity contribution is 5.79. The third-order valence-corrected chi connectivity index (χ3v) is 6.32. The quantitative estimate of drug-likeness (QED) is 0.793. The predicted octanol–water partition coefficient (Wildman–Crippen LogP) is 5.01. The summed E-state index contributed by atoms with van der Waals surface area (Å²) in [5.41, 5.74) is 7.81. The van der Waals surface area contributed by atoms with Gasteiger partial charge >= 0.3 is 0 Å². The van der Waals surface area contributed by atoms with Crippen molar-refractivity contribution in [1.82, 2.24) is 10.2 Å². The molecule has 0 unspecified atom stereocenters. The van der Waals surface area contributed by atoms with Crippen LogP contribution in [0.25, 0.3) is 0 Å². The second kappa shape index (κ2) is 8.91. The Labute approximate surface area is 170 Å². The van der Waals surface area contributed by atoms with E-state index in [0.717, 1.165) is 32.5 Å². The van der Waals surface area contributed by atoms with Gasteiger partial charge in [-0.25, -0.2) is 0 Å². The Morgan fingerprint density at radius 3 is 2.32 bits per heavy atom. The standard InChI is InChI=1S/C25H34N2O/c1-17-8-6-7-9-23(17)16-27-12-10-22(11-13-27)25(28)26-21(5)24-15-19(3)18(2)14-20(24)4/h6-9,14-15,21-22H,10-13,16H2,1-5H3,(H,26,28)/t21-/m0/s1. The first-order chi connectivity index (χ1) is 13.3. The van der Waals surface area contributed by atoms with Crippen LogP contribution in [-0.2, 0) is 11.3 Å². The number of aryl methyl sites for hydroxylation is 4. The van der Waals surface area contributed by atoms with Crippen LogP contribution in [0.2, 0.25) is 0 Å². The van der Waals surface area contributed by atoms with E-state index in [1.807, 2.05) is 0 Å². The van der Waals surface area contributed by atoms with Crippen LogP contribution in [0.5, 0.6) is 0 Å². The smallest absolute Gasteiger partial charge is 0.223 e. The number of hydrogen-bond donors (Lipinski definition) is 1. The number of rotatable bonds is 5. The molecule has 1 fully saturated rings. The van der Waals surface area contributed by atoms with Gasteiger partial charge in [0, 0.05) is 12.5 Å². The average Bonchev–Trinajstić information content (AvgIpc) is 2.67. The molecule has 1 heterocycles. The first-order valence-electron chi connectivity index (χ1n) is 10.5. The number of nitrogens with one attached hydrogen (secondary N) is 1. The van der Waals surface area contributed by atoms with Gasteiger partial charge in [-0.05, 0) is 93.9 Å². The molecule has 1 atom stereocenters. The summed E-state index contributed by atoms with van der Waals surface area (Å²) in [6.07, 6.45) is 1.88. The van der Waals surface area contributed by atoms with E-state index in [1.165, 1.54) is 33.4 Å². The van der Waals surface area contributed by atoms with E-state index in [4.69, 9.17) is 0 Å². The number of likely N-dealkylation sites (tertiary alicyclic amines) is 1. The summed E-state index contributed by atoms with van der Waals surface area (Å²) >= 11 is 0. The van der Waals surface area contributed by atoms with Crippen molar-refractivity contribution in [3.8, 4) is 0 Å². The molecule has 0 aliphatic carbocycles. The number of benzene rings is 2. The van der Waals surface area contributed by atoms with Crippen LogP contribution < -0.4 is 5.32 Å². The number of carbonyl (C=O) groups is 1. The zero-order chi connectivity index (χ0) is 20.3. The largest absolute Gasteiger partial charge is 0.349 e. The highest BCUT2D eigenvalue weighted by Gasteiger charge is 2.26. The Morgan fingerprint density at radius 1 is 1.00 bits per heavy atom. The van der Waals surface area contributed by atoms with E-state index in [0.29, 0.717) is 0 Å². The molecule has 28 heavy (non-hydrogen) atoms. The maximum atomic E-state index is 12.8. The van der Waals surface area contributed by atoms with Gasteiger partial charge in [0.1, 0.15) is 0 Å². The van der Waals surface area contributed by atoms with Crippen LogP contribution in [0, 0.1) is 33.6 Å². The zero-order valence-corrected chi connectivity index (χ0v) is 18.0. The summed E-state index contributed by atoms with van der Waals surface area (Å²) in [6, 6.07) is 13.1. The summed E-state index contributed by atoms with van der Waals surface area (Å²) < 4.78 is 0. The van der Waals surface area contributed by atoms with Crippen molar-refractivity contribution in [1.29, 1.82) is 0 Å². The first-order valence-corrected chi connectivity index (χ1v) is 10.5. The van der Waals surface area contributed by atoms with Crippen LogP contribution in [0.3, 0.4) is 0 Å². The monoisotopic (exact) mass is 378 g/mol. The Balaban J connectivity index is 1.54. The molecule has 1 aliphatic heterocycles. The van der Waals surface area contributed by atoms with Gasteiger partial charge in [0.25, 0.3) is 0 Å². The fraction of sp³-hybridized carbons (Fsp3) is 0.480. The minimum Gasteiger partial charge on any atom is -0.349 e. The highest BCUT2D eigenvalue weighted by Crippen LogP contribution is 2.24. The lowest BCUT2D eigenvalue weighted by molar-refractivity contribution is -0.127. The molecule has 3 rings (SSSR count). The molecule has 1 amide bonds. The third kappa shape index (κ3) is 4.82. The molecule has 0 bridgehead atoms. The van der Waals surface area contributed by atoms with E-state index < -0.39 is 0 Å². The van der Waals surface area contributed by atoms with Crippen LogP contribution >= 0.6 is 0 Å². The molecule has 3 nitrogen and oxygen atoms in total. The van der Waals surface area contributed by atoms with Crippen molar-refractivity contribution < 1.29 is 4.79 Å². The molecular formula is C25H34N2O. The fourth-order valence-electron chi connectivity index (χ4n) is 4.24. The van der Waals surface area contributed by atoms with Crippen molar-refractivity contribution in [2.45, 2.75) is 60.0 Å². The van der Waals surface area contributed by atoms with Crippen molar-refractivity contribution >= 4 is 5.91 Å². The van der Waals surface area contributed by atoms with Crippen LogP contribution in [0.4, 0.5) is 0 Å². The lowest BCUT2D eigenvalue weighted by Crippen LogP contribution is -2.41. The molecule has 0 radical (unpaired) electrons. The maximum absolute atomic E-state index is 12.8. The van der Waals surface area contributed by atoms with Crippen molar-refractivity contribution in [2.24, 2.45) is 5.92 Å². The van der Waals surface area contributed by atoms with Crippen molar-refractivity contribution in [3.05, 3.63) is 69.8 Å². The minimum absolute atomic E-state index is 0.0526.